The van der Waals surface area contributed by atoms with Gasteiger partial charge in [0.1, 0.15) is 11.2 Å². The maximum absolute atomic E-state index is 7.04. The van der Waals surface area contributed by atoms with E-state index in [2.05, 4.69) is 152 Å². The first kappa shape index (κ1) is 32.2. The van der Waals surface area contributed by atoms with Crippen LogP contribution in [0.1, 0.15) is 0 Å². The van der Waals surface area contributed by atoms with Gasteiger partial charge >= 0.3 is 0 Å². The summed E-state index contributed by atoms with van der Waals surface area (Å²) in [6, 6.07) is 65.6. The van der Waals surface area contributed by atoms with Crippen molar-refractivity contribution in [2.45, 2.75) is 0 Å². The van der Waals surface area contributed by atoms with E-state index in [0.717, 1.165) is 66.4 Å². The smallest absolute Gasteiger partial charge is 0.167 e. The van der Waals surface area contributed by atoms with Gasteiger partial charge in [-0.3, -0.25) is 0 Å². The maximum Gasteiger partial charge on any atom is 0.167 e. The number of aromatic nitrogens is 3. The summed E-state index contributed by atoms with van der Waals surface area (Å²) in [5.41, 5.74) is 11.0. The van der Waals surface area contributed by atoms with Crippen LogP contribution in [-0.4, -0.2) is 15.0 Å². The molecule has 3 heterocycles. The maximum atomic E-state index is 7.04. The van der Waals surface area contributed by atoms with Gasteiger partial charge < -0.3 is 4.42 Å². The van der Waals surface area contributed by atoms with Crippen molar-refractivity contribution < 1.29 is 4.42 Å². The molecule has 0 atom stereocenters. The van der Waals surface area contributed by atoms with Crippen molar-refractivity contribution in [3.05, 3.63) is 188 Å². The molecule has 0 N–H and O–H groups in total. The molecule has 0 radical (unpaired) electrons. The van der Waals surface area contributed by atoms with Crippen LogP contribution in [0.2, 0.25) is 0 Å². The molecule has 0 bridgehead atoms. The van der Waals surface area contributed by atoms with Crippen LogP contribution >= 0.6 is 11.3 Å². The van der Waals surface area contributed by atoms with E-state index in [1.54, 1.807) is 0 Å². The van der Waals surface area contributed by atoms with Gasteiger partial charge in [-0.2, -0.15) is 0 Å². The molecule has 0 aliphatic rings. The van der Waals surface area contributed by atoms with Crippen molar-refractivity contribution in [2.24, 2.45) is 0 Å². The lowest BCUT2D eigenvalue weighted by molar-refractivity contribution is 0.670. The van der Waals surface area contributed by atoms with Crippen molar-refractivity contribution >= 4 is 53.4 Å². The Labute approximate surface area is 327 Å². The fourth-order valence-electron chi connectivity index (χ4n) is 7.84. The molecule has 0 fully saturated rings. The van der Waals surface area contributed by atoms with E-state index >= 15 is 0 Å². The average molecular weight is 734 g/mol. The normalized spacial score (nSPS) is 11.6. The second-order valence-corrected chi connectivity index (χ2v) is 15.0. The SMILES string of the molecule is c1ccc(-c2ccc(-c3nc(-c4ccccc4)nc(-c4cccc5c4oc4c(-c6cc7sc8ccccc8c7cc6-c6ccccc6)cccc45)n3)cc2)cc1. The predicted octanol–water partition coefficient (Wildman–Crippen LogP) is 14.1. The Balaban J connectivity index is 1.11. The Morgan fingerprint density at radius 1 is 0.304 bits per heavy atom. The van der Waals surface area contributed by atoms with Crippen LogP contribution in [0.4, 0.5) is 0 Å². The van der Waals surface area contributed by atoms with Crippen LogP contribution < -0.4 is 0 Å². The van der Waals surface area contributed by atoms with Crippen molar-refractivity contribution in [2.75, 3.05) is 0 Å². The molecule has 262 valence electrons. The molecule has 11 aromatic rings. The van der Waals surface area contributed by atoms with E-state index in [4.69, 9.17) is 19.4 Å². The second-order valence-electron chi connectivity index (χ2n) is 13.9. The number of thiophene rings is 1. The first-order valence-electron chi connectivity index (χ1n) is 18.7. The van der Waals surface area contributed by atoms with Gasteiger partial charge in [0.05, 0.1) is 5.56 Å². The summed E-state index contributed by atoms with van der Waals surface area (Å²) >= 11 is 1.83. The minimum absolute atomic E-state index is 0.559. The van der Waals surface area contributed by atoms with Crippen LogP contribution in [0.15, 0.2) is 192 Å². The van der Waals surface area contributed by atoms with Gasteiger partial charge in [0.2, 0.25) is 0 Å². The molecule has 0 aliphatic carbocycles. The van der Waals surface area contributed by atoms with Crippen LogP contribution in [0.3, 0.4) is 0 Å². The third-order valence-electron chi connectivity index (χ3n) is 10.6. The molecule has 3 aromatic heterocycles. The average Bonchev–Trinajstić information content (AvgIpc) is 3.85. The van der Waals surface area contributed by atoms with Crippen LogP contribution in [0, 0.1) is 0 Å². The molecule has 0 aliphatic heterocycles. The highest BCUT2D eigenvalue weighted by atomic mass is 32.1. The zero-order valence-electron chi connectivity index (χ0n) is 30.1. The van der Waals surface area contributed by atoms with Gasteiger partial charge in [-0.1, -0.05) is 164 Å². The lowest BCUT2D eigenvalue weighted by Crippen LogP contribution is -2.00. The van der Waals surface area contributed by atoms with Crippen LogP contribution in [0.5, 0.6) is 0 Å². The fraction of sp³-hybridized carbons (Fsp3) is 0. The molecule has 5 heteroatoms. The predicted molar refractivity (Wildman–Crippen MR) is 233 cm³/mol. The van der Waals surface area contributed by atoms with E-state index in [0.29, 0.717) is 17.5 Å². The van der Waals surface area contributed by atoms with Crippen molar-refractivity contribution in [3.8, 4) is 67.5 Å². The lowest BCUT2D eigenvalue weighted by atomic mass is 9.92. The van der Waals surface area contributed by atoms with Crippen molar-refractivity contribution in [1.29, 1.82) is 0 Å². The van der Waals surface area contributed by atoms with Crippen molar-refractivity contribution in [1.82, 2.24) is 15.0 Å². The van der Waals surface area contributed by atoms with E-state index in [1.807, 2.05) is 47.7 Å². The van der Waals surface area contributed by atoms with Gasteiger partial charge in [-0.25, -0.2) is 15.0 Å². The topological polar surface area (TPSA) is 51.8 Å². The third kappa shape index (κ3) is 5.48. The molecule has 0 amide bonds. The standard InChI is InChI=1S/C51H31N3OS/c1-4-14-32(15-5-1)33-26-28-36(29-27-33)50-52-49(35-18-8-3-9-19-35)53-51(54-50)41-24-13-22-39-38-21-12-23-40(47(38)55-48(39)41)43-31-46-44(37-20-10-11-25-45(37)56-46)30-42(43)34-16-6-2-7-17-34/h1-31H. The van der Waals surface area contributed by atoms with E-state index in [1.165, 1.54) is 25.7 Å². The first-order chi connectivity index (χ1) is 27.7. The van der Waals surface area contributed by atoms with Gasteiger partial charge in [-0.15, -0.1) is 11.3 Å². The highest BCUT2D eigenvalue weighted by Gasteiger charge is 2.21. The Hall–Kier alpha value is -7.21. The molecule has 56 heavy (non-hydrogen) atoms. The van der Waals surface area contributed by atoms with Crippen molar-refractivity contribution in [3.63, 3.8) is 0 Å². The number of rotatable bonds is 6. The van der Waals surface area contributed by atoms with Gasteiger partial charge in [0.25, 0.3) is 0 Å². The Bertz CT molecular complexity index is 3230. The minimum Gasteiger partial charge on any atom is -0.455 e. The summed E-state index contributed by atoms with van der Waals surface area (Å²) in [5.74, 6) is 1.77. The Morgan fingerprint density at radius 3 is 1.50 bits per heavy atom. The zero-order chi connectivity index (χ0) is 37.0. The Kier molecular flexibility index (Phi) is 7.64. The summed E-state index contributed by atoms with van der Waals surface area (Å²) < 4.78 is 9.57. The molecular formula is C51H31N3OS. The van der Waals surface area contributed by atoms with Crippen LogP contribution in [0.25, 0.3) is 110 Å². The third-order valence-corrected chi connectivity index (χ3v) is 11.7. The molecule has 0 saturated carbocycles. The molecule has 4 nitrogen and oxygen atoms in total. The van der Waals surface area contributed by atoms with E-state index in [-0.39, 0.29) is 0 Å². The molecule has 8 aromatic carbocycles. The number of hydrogen-bond acceptors (Lipinski definition) is 5. The lowest BCUT2D eigenvalue weighted by Gasteiger charge is -2.12. The number of hydrogen-bond donors (Lipinski definition) is 0. The van der Waals surface area contributed by atoms with Gasteiger partial charge in [0.15, 0.2) is 17.5 Å². The molecule has 0 spiro atoms. The number of benzene rings is 8. The highest BCUT2D eigenvalue weighted by molar-refractivity contribution is 7.25. The fourth-order valence-corrected chi connectivity index (χ4v) is 8.97. The van der Waals surface area contributed by atoms with Gasteiger partial charge in [-0.05, 0) is 52.1 Å². The summed E-state index contributed by atoms with van der Waals surface area (Å²) in [6.07, 6.45) is 0. The second kappa shape index (κ2) is 13.3. The summed E-state index contributed by atoms with van der Waals surface area (Å²) in [7, 11) is 0. The number of para-hydroxylation sites is 2. The molecular weight excluding hydrogens is 703 g/mol. The Morgan fingerprint density at radius 2 is 0.804 bits per heavy atom. The highest BCUT2D eigenvalue weighted by Crippen LogP contribution is 2.46. The molecule has 11 rings (SSSR count). The molecule has 0 unspecified atom stereocenters. The minimum atomic E-state index is 0.559. The van der Waals surface area contributed by atoms with Crippen LogP contribution in [-0.2, 0) is 0 Å². The first-order valence-corrected chi connectivity index (χ1v) is 19.5. The van der Waals surface area contributed by atoms with E-state index < -0.39 is 0 Å². The number of fused-ring (bicyclic) bond motifs is 6. The quantitative estimate of drug-likeness (QED) is 0.171. The number of furan rings is 1. The number of nitrogens with zero attached hydrogens (tertiary/aromatic N) is 3. The van der Waals surface area contributed by atoms with Gasteiger partial charge in [0, 0.05) is 47.6 Å². The summed E-state index contributed by atoms with van der Waals surface area (Å²) in [5, 5.41) is 4.60. The monoisotopic (exact) mass is 733 g/mol. The zero-order valence-corrected chi connectivity index (χ0v) is 30.9. The molecule has 0 saturated heterocycles. The largest absolute Gasteiger partial charge is 0.455 e. The summed E-state index contributed by atoms with van der Waals surface area (Å²) in [6.45, 7) is 0. The van der Waals surface area contributed by atoms with E-state index in [9.17, 15) is 0 Å². The summed E-state index contributed by atoms with van der Waals surface area (Å²) in [4.78, 5) is 15.2.